The quantitative estimate of drug-likeness (QED) is 0.507. The molecule has 0 amide bonds. The van der Waals surface area contributed by atoms with Gasteiger partial charge in [-0.2, -0.15) is 10.2 Å². The monoisotopic (exact) mass is 119 g/mol. The average Bonchev–Trinajstić information content (AvgIpc) is 1.91. The Balaban J connectivity index is 2.85. The zero-order valence-electron chi connectivity index (χ0n) is 4.99. The van der Waals surface area contributed by atoms with Crippen molar-refractivity contribution in [3.05, 3.63) is 37.4 Å². The van der Waals surface area contributed by atoms with Crippen molar-refractivity contribution in [2.75, 3.05) is 0 Å². The highest BCUT2D eigenvalue weighted by atomic mass is 15.1. The minimum absolute atomic E-state index is 0.840. The molecule has 0 aromatic heterocycles. The molecule has 2 heteroatoms. The van der Waals surface area contributed by atoms with Gasteiger partial charge in [0.15, 0.2) is 0 Å². The summed E-state index contributed by atoms with van der Waals surface area (Å²) in [6.07, 6.45) is 0. The van der Waals surface area contributed by atoms with Crippen molar-refractivity contribution in [3.63, 3.8) is 0 Å². The second-order valence-corrected chi connectivity index (χ2v) is 1.58. The van der Waals surface area contributed by atoms with Gasteiger partial charge in [0, 0.05) is 0 Å². The normalized spacial score (nSPS) is 10.3. The second-order valence-electron chi connectivity index (χ2n) is 1.58. The van der Waals surface area contributed by atoms with Crippen molar-refractivity contribution in [3.8, 4) is 0 Å². The zero-order chi connectivity index (χ0) is 6.53. The van der Waals surface area contributed by atoms with E-state index in [0.29, 0.717) is 0 Å². The largest absolute Gasteiger partial charge is 0.187 e. The van der Waals surface area contributed by atoms with Crippen molar-refractivity contribution in [1.82, 2.24) is 0 Å². The molecule has 0 N–H and O–H groups in total. The highest BCUT2D eigenvalue weighted by molar-refractivity contribution is 5.34. The van der Waals surface area contributed by atoms with Crippen LogP contribution in [0.3, 0.4) is 0 Å². The molecule has 1 radical (unpaired) electrons. The number of benzene rings is 1. The zero-order valence-corrected chi connectivity index (χ0v) is 4.99. The van der Waals surface area contributed by atoms with Crippen LogP contribution in [-0.4, -0.2) is 0 Å². The van der Waals surface area contributed by atoms with Crippen molar-refractivity contribution in [2.24, 2.45) is 10.2 Å². The van der Waals surface area contributed by atoms with Gasteiger partial charge in [-0.05, 0) is 12.1 Å². The lowest BCUT2D eigenvalue weighted by Gasteiger charge is -1.85. The molecule has 0 aliphatic rings. The van der Waals surface area contributed by atoms with Crippen LogP contribution >= 0.6 is 0 Å². The maximum atomic E-state index is 3.72. The highest BCUT2D eigenvalue weighted by Gasteiger charge is 1.80. The summed E-state index contributed by atoms with van der Waals surface area (Å²) in [6.45, 7) is 0. The third-order valence-electron chi connectivity index (χ3n) is 0.942. The van der Waals surface area contributed by atoms with Gasteiger partial charge in [0.25, 0.3) is 0 Å². The Hall–Kier alpha value is -1.18. The Morgan fingerprint density at radius 2 is 1.78 bits per heavy atom. The molecule has 0 saturated heterocycles. The van der Waals surface area contributed by atoms with Crippen LogP contribution in [-0.2, 0) is 0 Å². The number of nitrogens with zero attached hydrogens (tertiary/aromatic N) is 2. The first-order valence-electron chi connectivity index (χ1n) is 2.65. The Bertz CT molecular complexity index is 191. The van der Waals surface area contributed by atoms with Gasteiger partial charge in [-0.15, -0.1) is 0 Å². The molecule has 1 aromatic rings. The van der Waals surface area contributed by atoms with E-state index in [9.17, 15) is 0 Å². The summed E-state index contributed by atoms with van der Waals surface area (Å²) in [5.74, 6) is 0. The van der Waals surface area contributed by atoms with E-state index < -0.39 is 0 Å². The van der Waals surface area contributed by atoms with E-state index in [4.69, 9.17) is 0 Å². The van der Waals surface area contributed by atoms with Gasteiger partial charge in [-0.1, -0.05) is 18.2 Å². The van der Waals surface area contributed by atoms with Gasteiger partial charge in [0.1, 0.15) is 0 Å². The Kier molecular flexibility index (Phi) is 1.96. The molecule has 0 fully saturated rings. The molecule has 1 rings (SSSR count). The smallest absolute Gasteiger partial charge is 0.0852 e. The molecular formula is C7H7N2. The standard InChI is InChI=1S/C7H7N2/c1-8-9-7-5-3-2-4-6-7/h2-6H,1H2. The molecule has 0 aliphatic heterocycles. The van der Waals surface area contributed by atoms with E-state index in [1.165, 1.54) is 0 Å². The summed E-state index contributed by atoms with van der Waals surface area (Å²) in [5, 5.41) is 7.10. The molecule has 0 bridgehead atoms. The lowest BCUT2D eigenvalue weighted by Crippen LogP contribution is -1.57. The predicted octanol–water partition coefficient (Wildman–Crippen LogP) is 2.56. The van der Waals surface area contributed by atoms with Crippen LogP contribution in [0.5, 0.6) is 0 Å². The van der Waals surface area contributed by atoms with Gasteiger partial charge in [-0.3, -0.25) is 0 Å². The van der Waals surface area contributed by atoms with E-state index in [2.05, 4.69) is 17.3 Å². The fourth-order valence-corrected chi connectivity index (χ4v) is 0.576. The van der Waals surface area contributed by atoms with Crippen molar-refractivity contribution in [1.29, 1.82) is 0 Å². The summed E-state index contributed by atoms with van der Waals surface area (Å²) in [4.78, 5) is 0. The van der Waals surface area contributed by atoms with Crippen LogP contribution in [0.2, 0.25) is 0 Å². The number of rotatable bonds is 1. The van der Waals surface area contributed by atoms with E-state index in [0.717, 1.165) is 5.69 Å². The molecule has 2 nitrogen and oxygen atoms in total. The highest BCUT2D eigenvalue weighted by Crippen LogP contribution is 2.08. The maximum Gasteiger partial charge on any atom is 0.0852 e. The lowest BCUT2D eigenvalue weighted by atomic mass is 10.3. The van der Waals surface area contributed by atoms with E-state index in [1.54, 1.807) is 0 Å². The summed E-state index contributed by atoms with van der Waals surface area (Å²) in [7, 11) is 3.24. The summed E-state index contributed by atoms with van der Waals surface area (Å²) in [5.41, 5.74) is 0.840. The SMILES string of the molecule is [CH2]N=Nc1ccccc1. The first-order valence-corrected chi connectivity index (χ1v) is 2.65. The van der Waals surface area contributed by atoms with Crippen LogP contribution in [0, 0.1) is 7.05 Å². The van der Waals surface area contributed by atoms with Crippen LogP contribution < -0.4 is 0 Å². The summed E-state index contributed by atoms with van der Waals surface area (Å²) < 4.78 is 0. The third-order valence-corrected chi connectivity index (χ3v) is 0.942. The fraction of sp³-hybridized carbons (Fsp3) is 0. The molecule has 9 heavy (non-hydrogen) atoms. The summed E-state index contributed by atoms with van der Waals surface area (Å²) in [6, 6.07) is 9.49. The van der Waals surface area contributed by atoms with Crippen LogP contribution in [0.15, 0.2) is 40.6 Å². The molecular weight excluding hydrogens is 112 g/mol. The van der Waals surface area contributed by atoms with Crippen LogP contribution in [0.1, 0.15) is 0 Å². The Labute approximate surface area is 54.2 Å². The van der Waals surface area contributed by atoms with Gasteiger partial charge in [0.05, 0.1) is 12.7 Å². The summed E-state index contributed by atoms with van der Waals surface area (Å²) >= 11 is 0. The van der Waals surface area contributed by atoms with Crippen LogP contribution in [0.25, 0.3) is 0 Å². The number of azo groups is 1. The second kappa shape index (κ2) is 2.97. The number of hydrogen-bond acceptors (Lipinski definition) is 2. The minimum atomic E-state index is 0.840. The molecule has 0 aliphatic carbocycles. The van der Waals surface area contributed by atoms with Gasteiger partial charge in [0.2, 0.25) is 0 Å². The average molecular weight is 119 g/mol. The van der Waals surface area contributed by atoms with Gasteiger partial charge < -0.3 is 0 Å². The molecule has 0 unspecified atom stereocenters. The molecule has 0 saturated carbocycles. The van der Waals surface area contributed by atoms with E-state index in [1.807, 2.05) is 30.3 Å². The van der Waals surface area contributed by atoms with E-state index >= 15 is 0 Å². The minimum Gasteiger partial charge on any atom is -0.187 e. The van der Waals surface area contributed by atoms with E-state index in [-0.39, 0.29) is 0 Å². The van der Waals surface area contributed by atoms with Crippen LogP contribution in [0.4, 0.5) is 5.69 Å². The molecule has 0 heterocycles. The van der Waals surface area contributed by atoms with Gasteiger partial charge in [-0.25, -0.2) is 0 Å². The first kappa shape index (κ1) is 5.95. The van der Waals surface area contributed by atoms with Gasteiger partial charge >= 0.3 is 0 Å². The number of hydrogen-bond donors (Lipinski definition) is 0. The Morgan fingerprint density at radius 1 is 1.11 bits per heavy atom. The molecule has 0 spiro atoms. The Morgan fingerprint density at radius 3 is 2.33 bits per heavy atom. The molecule has 0 atom stereocenters. The third kappa shape index (κ3) is 1.64. The maximum absolute atomic E-state index is 3.72. The predicted molar refractivity (Wildman–Crippen MR) is 36.3 cm³/mol. The van der Waals surface area contributed by atoms with Crippen molar-refractivity contribution < 1.29 is 0 Å². The topological polar surface area (TPSA) is 24.7 Å². The molecule has 1 aromatic carbocycles. The lowest BCUT2D eigenvalue weighted by molar-refractivity contribution is 1.23. The van der Waals surface area contributed by atoms with Crippen molar-refractivity contribution in [2.45, 2.75) is 0 Å². The fourth-order valence-electron chi connectivity index (χ4n) is 0.576. The van der Waals surface area contributed by atoms with Crippen molar-refractivity contribution >= 4 is 5.69 Å². The molecule has 45 valence electrons. The first-order chi connectivity index (χ1) is 4.43.